The number of esters is 1. The molecule has 7 heteroatoms. The number of aromatic nitrogens is 3. The molecular formula is C23H24N4O3. The number of nitrogens with zero attached hydrogens (tertiary/aromatic N) is 3. The molecule has 0 unspecified atom stereocenters. The molecule has 2 N–H and O–H groups in total. The molecule has 0 amide bonds. The second-order valence-electron chi connectivity index (χ2n) is 7.17. The van der Waals surface area contributed by atoms with Crippen LogP contribution in [-0.4, -0.2) is 33.7 Å². The first-order valence-electron chi connectivity index (χ1n) is 9.90. The highest BCUT2D eigenvalue weighted by Crippen LogP contribution is 2.31. The van der Waals surface area contributed by atoms with Crippen molar-refractivity contribution in [2.75, 3.05) is 12.8 Å². The first-order chi connectivity index (χ1) is 14.5. The summed E-state index contributed by atoms with van der Waals surface area (Å²) >= 11 is 0. The van der Waals surface area contributed by atoms with Crippen LogP contribution in [0.2, 0.25) is 0 Å². The quantitative estimate of drug-likeness (QED) is 0.485. The summed E-state index contributed by atoms with van der Waals surface area (Å²) in [6.45, 7) is 4.19. The molecule has 30 heavy (non-hydrogen) atoms. The lowest BCUT2D eigenvalue weighted by molar-refractivity contribution is 0.0338. The Hall–Kier alpha value is -3.61. The van der Waals surface area contributed by atoms with E-state index in [0.29, 0.717) is 29.6 Å². The number of rotatable bonds is 6. The molecule has 4 aromatic rings. The maximum Gasteiger partial charge on any atom is 0.344 e. The van der Waals surface area contributed by atoms with E-state index in [9.17, 15) is 4.79 Å². The molecule has 1 atom stereocenters. The number of anilines is 1. The van der Waals surface area contributed by atoms with Crippen molar-refractivity contribution in [3.05, 3.63) is 59.7 Å². The van der Waals surface area contributed by atoms with Gasteiger partial charge in [0.2, 0.25) is 0 Å². The highest BCUT2D eigenvalue weighted by atomic mass is 16.5. The predicted molar refractivity (Wildman–Crippen MR) is 117 cm³/mol. The van der Waals surface area contributed by atoms with Crippen LogP contribution >= 0.6 is 0 Å². The van der Waals surface area contributed by atoms with Gasteiger partial charge in [-0.2, -0.15) is 0 Å². The van der Waals surface area contributed by atoms with E-state index < -0.39 is 5.97 Å². The van der Waals surface area contributed by atoms with Crippen LogP contribution in [0.5, 0.6) is 5.75 Å². The highest BCUT2D eigenvalue weighted by Gasteiger charge is 2.26. The molecule has 2 aromatic heterocycles. The minimum atomic E-state index is -0.491. The summed E-state index contributed by atoms with van der Waals surface area (Å²) in [6, 6.07) is 15.2. The number of fused-ring (bicyclic) bond motifs is 2. The van der Waals surface area contributed by atoms with Gasteiger partial charge in [-0.05, 0) is 31.5 Å². The van der Waals surface area contributed by atoms with Gasteiger partial charge in [-0.1, -0.05) is 37.3 Å². The fourth-order valence-electron chi connectivity index (χ4n) is 3.41. The van der Waals surface area contributed by atoms with Gasteiger partial charge in [0.25, 0.3) is 0 Å². The second-order valence-corrected chi connectivity index (χ2v) is 7.17. The monoisotopic (exact) mass is 404 g/mol. The summed E-state index contributed by atoms with van der Waals surface area (Å²) in [7, 11) is 1.62. The zero-order chi connectivity index (χ0) is 21.3. The third-order valence-corrected chi connectivity index (χ3v) is 5.20. The van der Waals surface area contributed by atoms with Crippen molar-refractivity contribution >= 4 is 34.0 Å². The molecule has 0 aliphatic heterocycles. The topological polar surface area (TPSA) is 92.3 Å². The fraction of sp³-hybridized carbons (Fsp3) is 0.261. The van der Waals surface area contributed by atoms with Crippen LogP contribution in [0.25, 0.3) is 22.2 Å². The van der Waals surface area contributed by atoms with Gasteiger partial charge in [-0.15, -0.1) is 0 Å². The lowest BCUT2D eigenvalue weighted by Crippen LogP contribution is -2.16. The number of benzene rings is 2. The van der Waals surface area contributed by atoms with Gasteiger partial charge >= 0.3 is 5.97 Å². The van der Waals surface area contributed by atoms with Crippen LogP contribution in [-0.2, 0) is 11.3 Å². The Morgan fingerprint density at radius 2 is 1.77 bits per heavy atom. The number of nitrogen functional groups attached to an aromatic ring is 1. The van der Waals surface area contributed by atoms with E-state index in [1.165, 1.54) is 0 Å². The van der Waals surface area contributed by atoms with Gasteiger partial charge in [0.1, 0.15) is 22.6 Å². The van der Waals surface area contributed by atoms with Crippen molar-refractivity contribution < 1.29 is 14.3 Å². The number of carbonyl (C=O) groups is 1. The van der Waals surface area contributed by atoms with Gasteiger partial charge in [-0.3, -0.25) is 0 Å². The van der Waals surface area contributed by atoms with Crippen molar-refractivity contribution in [3.8, 4) is 5.75 Å². The molecule has 0 radical (unpaired) electrons. The molecule has 0 saturated heterocycles. The van der Waals surface area contributed by atoms with E-state index in [0.717, 1.165) is 16.8 Å². The number of methoxy groups -OCH3 is 1. The Bertz CT molecular complexity index is 1230. The largest absolute Gasteiger partial charge is 0.496 e. The van der Waals surface area contributed by atoms with Crippen LogP contribution in [0, 0.1) is 0 Å². The number of hydrogen-bond donors (Lipinski definition) is 1. The van der Waals surface area contributed by atoms with Crippen molar-refractivity contribution in [1.82, 2.24) is 14.5 Å². The first kappa shape index (κ1) is 19.7. The maximum absolute atomic E-state index is 13.0. The molecule has 2 heterocycles. The molecule has 154 valence electrons. The van der Waals surface area contributed by atoms with Crippen LogP contribution in [0.4, 0.5) is 5.82 Å². The average molecular weight is 404 g/mol. The van der Waals surface area contributed by atoms with Gasteiger partial charge < -0.3 is 19.8 Å². The van der Waals surface area contributed by atoms with Gasteiger partial charge in [-0.25, -0.2) is 14.8 Å². The Labute approximate surface area is 174 Å². The van der Waals surface area contributed by atoms with E-state index in [-0.39, 0.29) is 17.5 Å². The van der Waals surface area contributed by atoms with Gasteiger partial charge in [0.15, 0.2) is 5.65 Å². The summed E-state index contributed by atoms with van der Waals surface area (Å²) < 4.78 is 12.8. The number of carbonyl (C=O) groups excluding carboxylic acids is 1. The summed E-state index contributed by atoms with van der Waals surface area (Å²) in [5.41, 5.74) is 10.0. The minimum Gasteiger partial charge on any atom is -0.496 e. The van der Waals surface area contributed by atoms with Crippen LogP contribution in [0.1, 0.15) is 36.2 Å². The average Bonchev–Trinajstić information content (AvgIpc) is 3.02. The maximum atomic E-state index is 13.0. The Kier molecular flexibility index (Phi) is 5.27. The lowest BCUT2D eigenvalue weighted by Gasteiger charge is -2.12. The molecule has 0 fully saturated rings. The third-order valence-electron chi connectivity index (χ3n) is 5.20. The molecule has 0 aliphatic carbocycles. The normalized spacial score (nSPS) is 12.2. The summed E-state index contributed by atoms with van der Waals surface area (Å²) in [4.78, 5) is 22.4. The van der Waals surface area contributed by atoms with Gasteiger partial charge in [0, 0.05) is 5.56 Å². The lowest BCUT2D eigenvalue weighted by atomic mass is 10.2. The zero-order valence-corrected chi connectivity index (χ0v) is 17.3. The highest BCUT2D eigenvalue weighted by molar-refractivity contribution is 6.08. The Morgan fingerprint density at radius 1 is 1.10 bits per heavy atom. The molecule has 4 rings (SSSR count). The molecule has 0 aliphatic rings. The summed E-state index contributed by atoms with van der Waals surface area (Å²) in [6.07, 6.45) is 0.484. The van der Waals surface area contributed by atoms with E-state index in [1.54, 1.807) is 11.7 Å². The molecule has 0 saturated carbocycles. The Morgan fingerprint density at radius 3 is 2.47 bits per heavy atom. The van der Waals surface area contributed by atoms with Gasteiger partial charge in [0.05, 0.1) is 30.8 Å². The van der Waals surface area contributed by atoms with E-state index in [1.807, 2.05) is 62.4 Å². The minimum absolute atomic E-state index is 0.224. The van der Waals surface area contributed by atoms with Crippen molar-refractivity contribution in [3.63, 3.8) is 0 Å². The summed E-state index contributed by atoms with van der Waals surface area (Å²) in [5.74, 6) is 0.519. The van der Waals surface area contributed by atoms with Crippen LogP contribution in [0.15, 0.2) is 48.5 Å². The summed E-state index contributed by atoms with van der Waals surface area (Å²) in [5, 5.41) is 0. The predicted octanol–water partition coefficient (Wildman–Crippen LogP) is 4.18. The molecule has 7 nitrogen and oxygen atoms in total. The molecule has 2 aromatic carbocycles. The van der Waals surface area contributed by atoms with Crippen LogP contribution in [0.3, 0.4) is 0 Å². The number of hydrogen-bond acceptors (Lipinski definition) is 6. The number of nitrogens with two attached hydrogens (primary N) is 1. The van der Waals surface area contributed by atoms with E-state index >= 15 is 0 Å². The van der Waals surface area contributed by atoms with E-state index in [4.69, 9.17) is 25.2 Å². The fourth-order valence-corrected chi connectivity index (χ4v) is 3.41. The van der Waals surface area contributed by atoms with Crippen molar-refractivity contribution in [2.24, 2.45) is 0 Å². The van der Waals surface area contributed by atoms with Crippen molar-refractivity contribution in [2.45, 2.75) is 32.9 Å². The first-order valence-corrected chi connectivity index (χ1v) is 9.90. The number of para-hydroxylation sites is 3. The smallest absolute Gasteiger partial charge is 0.344 e. The second kappa shape index (κ2) is 8.02. The third kappa shape index (κ3) is 3.43. The SMILES string of the molecule is CC[C@H](C)OC(=O)c1c(N)n(Cc2ccccc2OC)c2nc3ccccc3nc12. The van der Waals surface area contributed by atoms with Crippen molar-refractivity contribution in [1.29, 1.82) is 0 Å². The molecule has 0 spiro atoms. The van der Waals surface area contributed by atoms with E-state index in [2.05, 4.69) is 0 Å². The zero-order valence-electron chi connectivity index (χ0n) is 17.3. The number of ether oxygens (including phenoxy) is 2. The standard InChI is InChI=1S/C23H24N4O3/c1-4-14(2)30-23(28)19-20-22(26-17-11-7-6-10-16(17)25-20)27(21(19)24)13-15-9-5-8-12-18(15)29-3/h5-12,14H,4,13,24H2,1-3H3/t14-/m0/s1. The molecule has 0 bridgehead atoms. The Balaban J connectivity index is 1.93. The van der Waals surface area contributed by atoms with Crippen LogP contribution < -0.4 is 10.5 Å². The molecular weight excluding hydrogens is 380 g/mol.